The number of carbonyl (C=O) groups is 1. The number of benzene rings is 2. The summed E-state index contributed by atoms with van der Waals surface area (Å²) >= 11 is 0. The van der Waals surface area contributed by atoms with Crippen molar-refractivity contribution in [2.24, 2.45) is 0 Å². The molecule has 4 rings (SSSR count). The molecule has 0 aliphatic rings. The van der Waals surface area contributed by atoms with Crippen LogP contribution >= 0.6 is 0 Å². The van der Waals surface area contributed by atoms with Crippen molar-refractivity contribution in [1.82, 2.24) is 20.3 Å². The molecule has 27 heavy (non-hydrogen) atoms. The summed E-state index contributed by atoms with van der Waals surface area (Å²) < 4.78 is 0. The van der Waals surface area contributed by atoms with Gasteiger partial charge in [-0.15, -0.1) is 0 Å². The molecule has 0 aliphatic carbocycles. The van der Waals surface area contributed by atoms with Crippen LogP contribution in [0.1, 0.15) is 11.3 Å². The van der Waals surface area contributed by atoms with Gasteiger partial charge in [-0.25, -0.2) is 0 Å². The highest BCUT2D eigenvalue weighted by Gasteiger charge is 2.11. The minimum Gasteiger partial charge on any atom is -0.350 e. The summed E-state index contributed by atoms with van der Waals surface area (Å²) in [6, 6.07) is 17.9. The maximum atomic E-state index is 12.5. The lowest BCUT2D eigenvalue weighted by Crippen LogP contribution is -2.25. The summed E-state index contributed by atoms with van der Waals surface area (Å²) in [5.41, 5.74) is 3.34. The number of pyridine rings is 1. The van der Waals surface area contributed by atoms with E-state index >= 15 is 0 Å². The third kappa shape index (κ3) is 3.82. The number of hydrogen-bond acceptors (Lipinski definition) is 4. The van der Waals surface area contributed by atoms with Gasteiger partial charge in [0.1, 0.15) is 0 Å². The summed E-state index contributed by atoms with van der Waals surface area (Å²) in [6.07, 6.45) is 7.05. The number of hydrogen-bond donors (Lipinski definition) is 1. The first-order chi connectivity index (χ1) is 13.3. The van der Waals surface area contributed by atoms with Gasteiger partial charge in [-0.1, -0.05) is 42.5 Å². The van der Waals surface area contributed by atoms with E-state index in [0.29, 0.717) is 13.0 Å². The van der Waals surface area contributed by atoms with E-state index in [4.69, 9.17) is 0 Å². The second kappa shape index (κ2) is 7.74. The quantitative estimate of drug-likeness (QED) is 0.595. The van der Waals surface area contributed by atoms with Crippen molar-refractivity contribution in [1.29, 1.82) is 0 Å². The van der Waals surface area contributed by atoms with Gasteiger partial charge in [-0.05, 0) is 28.5 Å². The van der Waals surface area contributed by atoms with Crippen molar-refractivity contribution >= 4 is 16.7 Å². The number of nitrogens with zero attached hydrogens (tertiary/aromatic N) is 3. The zero-order valence-corrected chi connectivity index (χ0v) is 14.7. The van der Waals surface area contributed by atoms with Crippen molar-refractivity contribution in [2.45, 2.75) is 13.0 Å². The number of aromatic nitrogens is 3. The largest absolute Gasteiger partial charge is 0.350 e. The van der Waals surface area contributed by atoms with E-state index in [1.165, 1.54) is 0 Å². The Morgan fingerprint density at radius 3 is 2.63 bits per heavy atom. The molecular formula is C22H18N4O. The number of amides is 1. The van der Waals surface area contributed by atoms with E-state index in [9.17, 15) is 4.79 Å². The summed E-state index contributed by atoms with van der Waals surface area (Å²) in [6.45, 7) is 0.321. The van der Waals surface area contributed by atoms with Crippen molar-refractivity contribution < 1.29 is 4.79 Å². The van der Waals surface area contributed by atoms with Crippen molar-refractivity contribution in [3.05, 3.63) is 90.6 Å². The molecule has 5 heteroatoms. The fourth-order valence-electron chi connectivity index (χ4n) is 3.10. The van der Waals surface area contributed by atoms with Crippen LogP contribution in [-0.2, 0) is 17.8 Å². The van der Waals surface area contributed by atoms with Gasteiger partial charge in [0.05, 0.1) is 24.4 Å². The molecule has 0 aliphatic heterocycles. The predicted octanol–water partition coefficient (Wildman–Crippen LogP) is 3.55. The highest BCUT2D eigenvalue weighted by molar-refractivity contribution is 5.90. The molecule has 0 spiro atoms. The molecule has 0 bridgehead atoms. The summed E-state index contributed by atoms with van der Waals surface area (Å²) in [5.74, 6) is -0.0471. The van der Waals surface area contributed by atoms with E-state index in [-0.39, 0.29) is 5.91 Å². The Morgan fingerprint density at radius 2 is 1.74 bits per heavy atom. The standard InChI is InChI=1S/C22H18N4O/c27-21(13-17-7-3-6-16-5-1-2-9-19(16)17)26-15-20-22(25-12-11-24-20)18-8-4-10-23-14-18/h1-12,14H,13,15H2,(H,26,27). The lowest BCUT2D eigenvalue weighted by atomic mass is 10.0. The first kappa shape index (κ1) is 16.8. The smallest absolute Gasteiger partial charge is 0.224 e. The molecule has 2 heterocycles. The van der Waals surface area contributed by atoms with Crippen LogP contribution in [0.15, 0.2) is 79.4 Å². The molecule has 2 aromatic heterocycles. The maximum Gasteiger partial charge on any atom is 0.224 e. The normalized spacial score (nSPS) is 10.7. The number of fused-ring (bicyclic) bond motifs is 1. The van der Waals surface area contributed by atoms with Crippen LogP contribution in [0, 0.1) is 0 Å². The molecule has 4 aromatic rings. The minimum atomic E-state index is -0.0471. The van der Waals surface area contributed by atoms with Crippen LogP contribution in [0.2, 0.25) is 0 Å². The third-order valence-electron chi connectivity index (χ3n) is 4.39. The van der Waals surface area contributed by atoms with Gasteiger partial charge in [0.15, 0.2) is 0 Å². The third-order valence-corrected chi connectivity index (χ3v) is 4.39. The fourth-order valence-corrected chi connectivity index (χ4v) is 3.10. The Morgan fingerprint density at radius 1 is 0.889 bits per heavy atom. The van der Waals surface area contributed by atoms with Gasteiger partial charge in [-0.2, -0.15) is 0 Å². The van der Waals surface area contributed by atoms with Gasteiger partial charge < -0.3 is 5.32 Å². The monoisotopic (exact) mass is 354 g/mol. The second-order valence-corrected chi connectivity index (χ2v) is 6.19. The van der Waals surface area contributed by atoms with Crippen LogP contribution in [0.25, 0.3) is 22.0 Å². The SMILES string of the molecule is O=C(Cc1cccc2ccccc12)NCc1nccnc1-c1cccnc1. The minimum absolute atomic E-state index is 0.0471. The zero-order chi connectivity index (χ0) is 18.5. The highest BCUT2D eigenvalue weighted by Crippen LogP contribution is 2.20. The first-order valence-corrected chi connectivity index (χ1v) is 8.75. The molecule has 1 amide bonds. The van der Waals surface area contributed by atoms with Crippen LogP contribution in [0.4, 0.5) is 0 Å². The second-order valence-electron chi connectivity index (χ2n) is 6.19. The zero-order valence-electron chi connectivity index (χ0n) is 14.7. The van der Waals surface area contributed by atoms with Crippen LogP contribution in [-0.4, -0.2) is 20.9 Å². The van der Waals surface area contributed by atoms with Crippen LogP contribution in [0.3, 0.4) is 0 Å². The first-order valence-electron chi connectivity index (χ1n) is 8.75. The van der Waals surface area contributed by atoms with E-state index < -0.39 is 0 Å². The molecule has 0 fully saturated rings. The molecule has 2 aromatic carbocycles. The van der Waals surface area contributed by atoms with Crippen LogP contribution < -0.4 is 5.32 Å². The molecule has 0 unspecified atom stereocenters. The molecule has 0 radical (unpaired) electrons. The van der Waals surface area contributed by atoms with E-state index in [0.717, 1.165) is 33.3 Å². The molecule has 0 atom stereocenters. The Balaban J connectivity index is 1.49. The van der Waals surface area contributed by atoms with E-state index in [1.54, 1.807) is 24.8 Å². The van der Waals surface area contributed by atoms with Crippen LogP contribution in [0.5, 0.6) is 0 Å². The number of carbonyl (C=O) groups excluding carboxylic acids is 1. The topological polar surface area (TPSA) is 67.8 Å². The summed E-state index contributed by atoms with van der Waals surface area (Å²) in [5, 5.41) is 5.20. The maximum absolute atomic E-state index is 12.5. The highest BCUT2D eigenvalue weighted by atomic mass is 16.1. The summed E-state index contributed by atoms with van der Waals surface area (Å²) in [7, 11) is 0. The fraction of sp³-hybridized carbons (Fsp3) is 0.0909. The lowest BCUT2D eigenvalue weighted by molar-refractivity contribution is -0.120. The average Bonchev–Trinajstić information content (AvgIpc) is 2.73. The Bertz CT molecular complexity index is 1070. The van der Waals surface area contributed by atoms with Gasteiger partial charge >= 0.3 is 0 Å². The average molecular weight is 354 g/mol. The molecule has 0 saturated carbocycles. The molecule has 0 saturated heterocycles. The number of nitrogens with one attached hydrogen (secondary N) is 1. The van der Waals surface area contributed by atoms with Gasteiger partial charge in [0, 0.05) is 30.4 Å². The molecule has 5 nitrogen and oxygen atoms in total. The van der Waals surface area contributed by atoms with Gasteiger partial charge in [-0.3, -0.25) is 19.7 Å². The Kier molecular flexibility index (Phi) is 4.83. The molecular weight excluding hydrogens is 336 g/mol. The van der Waals surface area contributed by atoms with E-state index in [2.05, 4.69) is 32.4 Å². The van der Waals surface area contributed by atoms with Crippen molar-refractivity contribution in [3.8, 4) is 11.3 Å². The lowest BCUT2D eigenvalue weighted by Gasteiger charge is -2.10. The van der Waals surface area contributed by atoms with Crippen molar-refractivity contribution in [3.63, 3.8) is 0 Å². The number of rotatable bonds is 5. The Labute approximate surface area is 157 Å². The van der Waals surface area contributed by atoms with Crippen molar-refractivity contribution in [2.75, 3.05) is 0 Å². The van der Waals surface area contributed by atoms with Gasteiger partial charge in [0.2, 0.25) is 5.91 Å². The van der Waals surface area contributed by atoms with Gasteiger partial charge in [0.25, 0.3) is 0 Å². The molecule has 132 valence electrons. The molecule has 1 N–H and O–H groups in total. The predicted molar refractivity (Wildman–Crippen MR) is 105 cm³/mol. The van der Waals surface area contributed by atoms with E-state index in [1.807, 2.05) is 42.5 Å². The summed E-state index contributed by atoms with van der Waals surface area (Å²) in [4.78, 5) is 25.4. The Hall–Kier alpha value is -3.60.